The third-order valence-corrected chi connectivity index (χ3v) is 3.02. The zero-order valence-corrected chi connectivity index (χ0v) is 9.66. The smallest absolute Gasteiger partial charge is 0.192 e. The lowest BCUT2D eigenvalue weighted by Gasteiger charge is -2.29. The number of aromatic nitrogens is 1. The molecule has 90 valence electrons. The van der Waals surface area contributed by atoms with E-state index in [1.807, 2.05) is 6.07 Å². The van der Waals surface area contributed by atoms with Gasteiger partial charge in [-0.2, -0.15) is 0 Å². The van der Waals surface area contributed by atoms with E-state index in [1.165, 1.54) is 6.07 Å². The van der Waals surface area contributed by atoms with E-state index in [9.17, 15) is 4.39 Å². The number of fused-ring (bicyclic) bond motifs is 1. The summed E-state index contributed by atoms with van der Waals surface area (Å²) in [4.78, 5) is 6.34. The van der Waals surface area contributed by atoms with Crippen molar-refractivity contribution in [2.45, 2.75) is 6.92 Å². The van der Waals surface area contributed by atoms with E-state index in [-0.39, 0.29) is 11.4 Å². The molecule has 1 fully saturated rings. The number of halogens is 1. The average Bonchev–Trinajstić information content (AvgIpc) is 2.71. The zero-order valence-electron chi connectivity index (χ0n) is 9.66. The number of rotatable bonds is 1. The Balaban J connectivity index is 2.04. The van der Waals surface area contributed by atoms with Crippen molar-refractivity contribution in [3.05, 3.63) is 23.8 Å². The number of piperazine rings is 1. The largest absolute Gasteiger partial charge is 0.438 e. The van der Waals surface area contributed by atoms with E-state index >= 15 is 0 Å². The summed E-state index contributed by atoms with van der Waals surface area (Å²) < 4.78 is 19.1. The first-order valence-electron chi connectivity index (χ1n) is 5.76. The van der Waals surface area contributed by atoms with Gasteiger partial charge in [0.1, 0.15) is 5.52 Å². The van der Waals surface area contributed by atoms with Crippen LogP contribution in [0.4, 0.5) is 10.1 Å². The van der Waals surface area contributed by atoms with Gasteiger partial charge in [-0.1, -0.05) is 0 Å². The predicted molar refractivity (Wildman–Crippen MR) is 63.8 cm³/mol. The Morgan fingerprint density at radius 2 is 2.12 bits per heavy atom. The number of anilines is 1. The fraction of sp³-hybridized carbons (Fsp3) is 0.417. The SMILES string of the molecule is Cc1nc2cc(N3CCNCC3)cc(F)c2o1. The molecule has 0 unspecified atom stereocenters. The van der Waals surface area contributed by atoms with Crippen LogP contribution in [0, 0.1) is 12.7 Å². The lowest BCUT2D eigenvalue weighted by molar-refractivity contribution is 0.527. The van der Waals surface area contributed by atoms with Gasteiger partial charge in [-0.3, -0.25) is 0 Å². The van der Waals surface area contributed by atoms with E-state index in [4.69, 9.17) is 4.42 Å². The summed E-state index contributed by atoms with van der Waals surface area (Å²) in [7, 11) is 0. The molecule has 0 atom stereocenters. The molecule has 3 rings (SSSR count). The van der Waals surface area contributed by atoms with Crippen molar-refractivity contribution >= 4 is 16.8 Å². The Bertz CT molecular complexity index is 546. The molecule has 4 nitrogen and oxygen atoms in total. The minimum Gasteiger partial charge on any atom is -0.438 e. The second-order valence-electron chi connectivity index (χ2n) is 4.25. The molecule has 1 aliphatic rings. The molecule has 0 saturated carbocycles. The Labute approximate surface area is 98.4 Å². The Kier molecular flexibility index (Phi) is 2.48. The summed E-state index contributed by atoms with van der Waals surface area (Å²) in [5, 5.41) is 3.27. The van der Waals surface area contributed by atoms with Gasteiger partial charge in [-0.15, -0.1) is 0 Å². The highest BCUT2D eigenvalue weighted by molar-refractivity contribution is 5.78. The number of aryl methyl sites for hydroxylation is 1. The molecule has 0 amide bonds. The van der Waals surface area contributed by atoms with Crippen molar-refractivity contribution in [1.82, 2.24) is 10.3 Å². The number of oxazole rings is 1. The molecule has 0 radical (unpaired) electrons. The summed E-state index contributed by atoms with van der Waals surface area (Å²) >= 11 is 0. The Morgan fingerprint density at radius 1 is 1.35 bits per heavy atom. The quantitative estimate of drug-likeness (QED) is 0.816. The third-order valence-electron chi connectivity index (χ3n) is 3.02. The van der Waals surface area contributed by atoms with Gasteiger partial charge >= 0.3 is 0 Å². The summed E-state index contributed by atoms with van der Waals surface area (Å²) in [5.74, 6) is 0.160. The van der Waals surface area contributed by atoms with Gasteiger partial charge in [0.25, 0.3) is 0 Å². The number of hydrogen-bond donors (Lipinski definition) is 1. The first kappa shape index (κ1) is 10.5. The van der Waals surface area contributed by atoms with Crippen molar-refractivity contribution in [3.63, 3.8) is 0 Å². The summed E-state index contributed by atoms with van der Waals surface area (Å²) in [6.07, 6.45) is 0. The van der Waals surface area contributed by atoms with Gasteiger partial charge in [0, 0.05) is 44.9 Å². The molecule has 1 aromatic heterocycles. The molecular weight excluding hydrogens is 221 g/mol. The maximum atomic E-state index is 13.8. The highest BCUT2D eigenvalue weighted by atomic mass is 19.1. The molecule has 17 heavy (non-hydrogen) atoms. The Hall–Kier alpha value is -1.62. The molecule has 1 saturated heterocycles. The van der Waals surface area contributed by atoms with Crippen LogP contribution in [-0.4, -0.2) is 31.2 Å². The van der Waals surface area contributed by atoms with Crippen LogP contribution in [0.3, 0.4) is 0 Å². The second-order valence-corrected chi connectivity index (χ2v) is 4.25. The highest BCUT2D eigenvalue weighted by Crippen LogP contribution is 2.26. The topological polar surface area (TPSA) is 41.3 Å². The molecule has 1 aliphatic heterocycles. The van der Waals surface area contributed by atoms with E-state index < -0.39 is 0 Å². The predicted octanol–water partition coefficient (Wildman–Crippen LogP) is 1.68. The molecule has 1 aromatic carbocycles. The van der Waals surface area contributed by atoms with Gasteiger partial charge in [-0.25, -0.2) is 9.37 Å². The standard InChI is InChI=1S/C12H14FN3O/c1-8-15-11-7-9(6-10(13)12(11)17-8)16-4-2-14-3-5-16/h6-7,14H,2-5H2,1H3. The molecule has 5 heteroatoms. The minimum absolute atomic E-state index is 0.251. The summed E-state index contributed by atoms with van der Waals surface area (Å²) in [6.45, 7) is 5.36. The van der Waals surface area contributed by atoms with Gasteiger partial charge in [0.15, 0.2) is 17.3 Å². The summed E-state index contributed by atoms with van der Waals surface area (Å²) in [6, 6.07) is 3.42. The van der Waals surface area contributed by atoms with Gasteiger partial charge in [-0.05, 0) is 6.07 Å². The molecule has 0 spiro atoms. The van der Waals surface area contributed by atoms with Gasteiger partial charge in [0.05, 0.1) is 0 Å². The fourth-order valence-corrected chi connectivity index (χ4v) is 2.19. The number of benzene rings is 1. The molecule has 2 aromatic rings. The van der Waals surface area contributed by atoms with Crippen LogP contribution in [0.1, 0.15) is 5.89 Å². The van der Waals surface area contributed by atoms with Crippen LogP contribution in [0.5, 0.6) is 0 Å². The number of nitrogens with one attached hydrogen (secondary N) is 1. The maximum absolute atomic E-state index is 13.8. The van der Waals surface area contributed by atoms with Crippen LogP contribution < -0.4 is 10.2 Å². The van der Waals surface area contributed by atoms with E-state index in [1.54, 1.807) is 6.92 Å². The molecular formula is C12H14FN3O. The van der Waals surface area contributed by atoms with Crippen molar-refractivity contribution in [2.75, 3.05) is 31.1 Å². The molecule has 0 bridgehead atoms. The fourth-order valence-electron chi connectivity index (χ4n) is 2.19. The second kappa shape index (κ2) is 4.00. The number of nitrogens with zero attached hydrogens (tertiary/aromatic N) is 2. The van der Waals surface area contributed by atoms with Crippen molar-refractivity contribution in [1.29, 1.82) is 0 Å². The molecule has 0 aliphatic carbocycles. The van der Waals surface area contributed by atoms with Crippen LogP contribution in [0.15, 0.2) is 16.5 Å². The number of hydrogen-bond acceptors (Lipinski definition) is 4. The monoisotopic (exact) mass is 235 g/mol. The zero-order chi connectivity index (χ0) is 11.8. The first-order chi connectivity index (χ1) is 8.24. The third kappa shape index (κ3) is 1.86. The van der Waals surface area contributed by atoms with Crippen LogP contribution in [-0.2, 0) is 0 Å². The van der Waals surface area contributed by atoms with Gasteiger partial charge in [0.2, 0.25) is 0 Å². The van der Waals surface area contributed by atoms with Crippen LogP contribution >= 0.6 is 0 Å². The van der Waals surface area contributed by atoms with E-state index in [0.717, 1.165) is 31.9 Å². The van der Waals surface area contributed by atoms with Crippen molar-refractivity contribution in [3.8, 4) is 0 Å². The molecule has 2 heterocycles. The van der Waals surface area contributed by atoms with Crippen LogP contribution in [0.25, 0.3) is 11.1 Å². The van der Waals surface area contributed by atoms with Crippen molar-refractivity contribution in [2.24, 2.45) is 0 Å². The van der Waals surface area contributed by atoms with E-state index in [2.05, 4.69) is 15.2 Å². The molecule has 1 N–H and O–H groups in total. The van der Waals surface area contributed by atoms with Crippen molar-refractivity contribution < 1.29 is 8.81 Å². The maximum Gasteiger partial charge on any atom is 0.192 e. The lowest BCUT2D eigenvalue weighted by atomic mass is 10.2. The lowest BCUT2D eigenvalue weighted by Crippen LogP contribution is -2.43. The average molecular weight is 235 g/mol. The van der Waals surface area contributed by atoms with Crippen LogP contribution in [0.2, 0.25) is 0 Å². The summed E-state index contributed by atoms with van der Waals surface area (Å²) in [5.41, 5.74) is 1.72. The normalized spacial score (nSPS) is 16.7. The first-order valence-corrected chi connectivity index (χ1v) is 5.76. The Morgan fingerprint density at radius 3 is 2.88 bits per heavy atom. The highest BCUT2D eigenvalue weighted by Gasteiger charge is 2.15. The van der Waals surface area contributed by atoms with Gasteiger partial charge < -0.3 is 14.6 Å². The minimum atomic E-state index is -0.336. The van der Waals surface area contributed by atoms with E-state index in [0.29, 0.717) is 11.4 Å².